The van der Waals surface area contributed by atoms with E-state index in [2.05, 4.69) is 104 Å². The van der Waals surface area contributed by atoms with Gasteiger partial charge in [0.25, 0.3) is 0 Å². The van der Waals surface area contributed by atoms with Crippen LogP contribution in [0.5, 0.6) is 0 Å². The standard InChI is InChI=1S/C81H143NO18/c1-3-5-7-9-11-13-15-17-19-21-22-23-24-25-26-27-28-29-30-31-32-33-34-35-36-37-38-39-40-41-42-43-45-47-49-51-53-55-57-59-69(87)82-64(65(86)58-56-54-52-50-48-46-44-20-18-16-14-12-10-8-6-4-2)63-95-79-75(93)72(90)77(67(61-84)97-79)100-81-76(94)73(91)78(68(62-85)98-81)99-80-74(92)71(89)70(88)66(60-83)96-80/h5,7,11,13,17,19,22-23,25-26,28-29,31-32,64-68,70-81,83-86,88-94H,3-4,6,8-10,12,14-16,18,20-21,24,27,30,33-63H2,1-2H3,(H,82,87)/b7-5-,13-11-,19-17-,23-22-,26-25-,29-28-,32-31-. The third kappa shape index (κ3) is 41.0. The molecule has 0 saturated carbocycles. The lowest BCUT2D eigenvalue weighted by Gasteiger charge is -2.48. The van der Waals surface area contributed by atoms with Crippen molar-refractivity contribution in [2.75, 3.05) is 26.4 Å². The third-order valence-electron chi connectivity index (χ3n) is 19.5. The van der Waals surface area contributed by atoms with E-state index in [4.69, 9.17) is 28.4 Å². The Balaban J connectivity index is 1.31. The monoisotopic (exact) mass is 1420 g/mol. The number of nitrogens with one attached hydrogen (secondary N) is 1. The quantitative estimate of drug-likeness (QED) is 0.0199. The predicted molar refractivity (Wildman–Crippen MR) is 397 cm³/mol. The molecule has 0 aromatic carbocycles. The topological polar surface area (TPSA) is 307 Å². The summed E-state index contributed by atoms with van der Waals surface area (Å²) in [4.78, 5) is 13.5. The van der Waals surface area contributed by atoms with E-state index in [-0.39, 0.29) is 18.9 Å². The molecular formula is C81H143NO18. The van der Waals surface area contributed by atoms with Crippen LogP contribution in [0.1, 0.15) is 290 Å². The molecule has 580 valence electrons. The first-order chi connectivity index (χ1) is 48.8. The molecular weight excluding hydrogens is 1270 g/mol. The number of carbonyl (C=O) groups excluding carboxylic acids is 1. The molecule has 19 heteroatoms. The molecule has 12 N–H and O–H groups in total. The van der Waals surface area contributed by atoms with Crippen LogP contribution < -0.4 is 5.32 Å². The highest BCUT2D eigenvalue weighted by Crippen LogP contribution is 2.33. The highest BCUT2D eigenvalue weighted by molar-refractivity contribution is 5.76. The van der Waals surface area contributed by atoms with E-state index in [1.165, 1.54) is 167 Å². The van der Waals surface area contributed by atoms with Gasteiger partial charge < -0.3 is 89.9 Å². The molecule has 0 bridgehead atoms. The van der Waals surface area contributed by atoms with Crippen LogP contribution in [-0.4, -0.2) is 193 Å². The van der Waals surface area contributed by atoms with Crippen LogP contribution in [0.3, 0.4) is 0 Å². The summed E-state index contributed by atoms with van der Waals surface area (Å²) in [5.74, 6) is -0.242. The molecule has 19 nitrogen and oxygen atoms in total. The van der Waals surface area contributed by atoms with Gasteiger partial charge in [-0.2, -0.15) is 0 Å². The molecule has 3 aliphatic heterocycles. The van der Waals surface area contributed by atoms with Crippen LogP contribution in [0.15, 0.2) is 85.1 Å². The maximum absolute atomic E-state index is 13.5. The Labute approximate surface area is 603 Å². The van der Waals surface area contributed by atoms with Gasteiger partial charge in [-0.25, -0.2) is 0 Å². The first kappa shape index (κ1) is 91.2. The van der Waals surface area contributed by atoms with Crippen molar-refractivity contribution in [3.63, 3.8) is 0 Å². The summed E-state index contributed by atoms with van der Waals surface area (Å²) in [6.45, 7) is 1.70. The number of hydrogen-bond donors (Lipinski definition) is 12. The number of allylic oxidation sites excluding steroid dienone is 14. The molecule has 3 rings (SSSR count). The van der Waals surface area contributed by atoms with Gasteiger partial charge in [0.15, 0.2) is 18.9 Å². The van der Waals surface area contributed by atoms with Crippen molar-refractivity contribution in [2.24, 2.45) is 0 Å². The number of amides is 1. The largest absolute Gasteiger partial charge is 0.394 e. The van der Waals surface area contributed by atoms with Crippen molar-refractivity contribution in [3.05, 3.63) is 85.1 Å². The number of carbonyl (C=O) groups is 1. The zero-order chi connectivity index (χ0) is 72.5. The number of unbranched alkanes of at least 4 members (excludes halogenated alkanes) is 32. The second-order valence-electron chi connectivity index (χ2n) is 28.2. The molecule has 0 aromatic rings. The summed E-state index contributed by atoms with van der Waals surface area (Å²) in [5.41, 5.74) is 0. The Morgan fingerprint density at radius 2 is 0.690 bits per heavy atom. The smallest absolute Gasteiger partial charge is 0.220 e. The van der Waals surface area contributed by atoms with E-state index < -0.39 is 124 Å². The second kappa shape index (κ2) is 61.2. The van der Waals surface area contributed by atoms with Gasteiger partial charge in [-0.15, -0.1) is 0 Å². The van der Waals surface area contributed by atoms with Crippen molar-refractivity contribution >= 4 is 5.91 Å². The molecule has 0 radical (unpaired) electrons. The number of ether oxygens (including phenoxy) is 6. The highest BCUT2D eigenvalue weighted by Gasteiger charge is 2.54. The summed E-state index contributed by atoms with van der Waals surface area (Å²) < 4.78 is 34.5. The van der Waals surface area contributed by atoms with Crippen LogP contribution in [0.4, 0.5) is 0 Å². The third-order valence-corrected chi connectivity index (χ3v) is 19.5. The van der Waals surface area contributed by atoms with Crippen molar-refractivity contribution in [1.82, 2.24) is 5.32 Å². The fourth-order valence-electron chi connectivity index (χ4n) is 13.1. The van der Waals surface area contributed by atoms with Gasteiger partial charge in [-0.1, -0.05) is 298 Å². The average molecular weight is 1420 g/mol. The maximum Gasteiger partial charge on any atom is 0.220 e. The molecule has 17 unspecified atom stereocenters. The number of rotatable bonds is 62. The zero-order valence-corrected chi connectivity index (χ0v) is 61.9. The summed E-state index contributed by atoms with van der Waals surface area (Å²) in [6.07, 6.45) is 53.9. The summed E-state index contributed by atoms with van der Waals surface area (Å²) >= 11 is 0. The lowest BCUT2D eigenvalue weighted by atomic mass is 9.96. The summed E-state index contributed by atoms with van der Waals surface area (Å²) in [6, 6.07) is -0.890. The minimum atomic E-state index is -1.97. The zero-order valence-electron chi connectivity index (χ0n) is 61.9. The number of aliphatic hydroxyl groups excluding tert-OH is 11. The van der Waals surface area contributed by atoms with E-state index >= 15 is 0 Å². The summed E-state index contributed by atoms with van der Waals surface area (Å²) in [7, 11) is 0. The minimum absolute atomic E-state index is 0.242. The van der Waals surface area contributed by atoms with Crippen LogP contribution in [0, 0.1) is 0 Å². The summed E-state index contributed by atoms with van der Waals surface area (Å²) in [5, 5.41) is 121. The SMILES string of the molecule is CC/C=C\C/C=C\C/C=C\C/C=C\C/C=C\C/C=C\C/C=C\CCCCCCCCCCCCCCCCCCCC(=O)NC(COC1OC(CO)C(OC2OC(CO)C(OC3OC(CO)C(O)C(O)C3O)C(O)C2O)C(O)C1O)C(O)CCCCCCCCCCCCCCCCCC. The van der Waals surface area contributed by atoms with E-state index in [0.29, 0.717) is 12.8 Å². The van der Waals surface area contributed by atoms with Gasteiger partial charge in [0.1, 0.15) is 73.2 Å². The van der Waals surface area contributed by atoms with Gasteiger partial charge in [0.05, 0.1) is 38.6 Å². The molecule has 0 spiro atoms. The molecule has 0 aromatic heterocycles. The molecule has 100 heavy (non-hydrogen) atoms. The van der Waals surface area contributed by atoms with E-state index in [0.717, 1.165) is 89.9 Å². The van der Waals surface area contributed by atoms with Gasteiger partial charge in [-0.05, 0) is 70.6 Å². The van der Waals surface area contributed by atoms with Gasteiger partial charge in [0, 0.05) is 6.42 Å². The lowest BCUT2D eigenvalue weighted by molar-refractivity contribution is -0.379. The van der Waals surface area contributed by atoms with Crippen LogP contribution in [-0.2, 0) is 33.2 Å². The van der Waals surface area contributed by atoms with Crippen molar-refractivity contribution in [1.29, 1.82) is 0 Å². The Morgan fingerprint density at radius 3 is 1.08 bits per heavy atom. The lowest BCUT2D eigenvalue weighted by Crippen LogP contribution is -2.66. The van der Waals surface area contributed by atoms with Crippen molar-refractivity contribution in [2.45, 2.75) is 394 Å². The minimum Gasteiger partial charge on any atom is -0.394 e. The van der Waals surface area contributed by atoms with Gasteiger partial charge in [-0.3, -0.25) is 4.79 Å². The molecule has 3 saturated heterocycles. The van der Waals surface area contributed by atoms with Crippen LogP contribution >= 0.6 is 0 Å². The molecule has 17 atom stereocenters. The number of aliphatic hydroxyl groups is 11. The first-order valence-electron chi connectivity index (χ1n) is 39.8. The van der Waals surface area contributed by atoms with Gasteiger partial charge >= 0.3 is 0 Å². The fraction of sp³-hybridized carbons (Fsp3) is 0.815. The normalized spacial score (nSPS) is 26.9. The average Bonchev–Trinajstić information content (AvgIpc) is 0.784. The van der Waals surface area contributed by atoms with Crippen molar-refractivity contribution in [3.8, 4) is 0 Å². The van der Waals surface area contributed by atoms with Gasteiger partial charge in [0.2, 0.25) is 5.91 Å². The Morgan fingerprint density at radius 1 is 0.370 bits per heavy atom. The Kier molecular flexibility index (Phi) is 55.8. The van der Waals surface area contributed by atoms with E-state index in [1.807, 2.05) is 0 Å². The van der Waals surface area contributed by atoms with Crippen LogP contribution in [0.25, 0.3) is 0 Å². The molecule has 0 aliphatic carbocycles. The number of hydrogen-bond acceptors (Lipinski definition) is 18. The van der Waals surface area contributed by atoms with Crippen molar-refractivity contribution < 1.29 is 89.4 Å². The highest BCUT2D eigenvalue weighted by atomic mass is 16.8. The fourth-order valence-corrected chi connectivity index (χ4v) is 13.1. The Hall–Kier alpha value is -3.03. The maximum atomic E-state index is 13.5. The second-order valence-corrected chi connectivity index (χ2v) is 28.2. The first-order valence-corrected chi connectivity index (χ1v) is 39.8. The predicted octanol–water partition coefficient (Wildman–Crippen LogP) is 13.0. The van der Waals surface area contributed by atoms with Crippen LogP contribution in [0.2, 0.25) is 0 Å². The van der Waals surface area contributed by atoms with E-state index in [9.17, 15) is 61.0 Å². The molecule has 1 amide bonds. The molecule has 3 aliphatic rings. The Bertz CT molecular complexity index is 2140. The van der Waals surface area contributed by atoms with E-state index in [1.54, 1.807) is 0 Å². The molecule has 3 fully saturated rings. The molecule has 3 heterocycles.